The predicted octanol–water partition coefficient (Wildman–Crippen LogP) is 5.03. The van der Waals surface area contributed by atoms with Gasteiger partial charge in [-0.25, -0.2) is 14.6 Å². The average molecular weight is 663 g/mol. The van der Waals surface area contributed by atoms with Gasteiger partial charge in [0.05, 0.1) is 31.6 Å². The Kier molecular flexibility index (Phi) is 12.0. The van der Waals surface area contributed by atoms with Gasteiger partial charge >= 0.3 is 13.7 Å². The molecule has 15 heteroatoms. The Morgan fingerprint density at radius 1 is 1.17 bits per heavy atom. The highest BCUT2D eigenvalue weighted by Crippen LogP contribution is 2.49. The minimum atomic E-state index is -4.07. The summed E-state index contributed by atoms with van der Waals surface area (Å²) in [5, 5.41) is 14.3. The highest BCUT2D eigenvalue weighted by Gasteiger charge is 2.52. The van der Waals surface area contributed by atoms with Gasteiger partial charge in [-0.2, -0.15) is 9.97 Å². The third kappa shape index (κ3) is 8.34. The van der Waals surface area contributed by atoms with Crippen LogP contribution in [0.3, 0.4) is 0 Å². The van der Waals surface area contributed by atoms with Gasteiger partial charge in [0.2, 0.25) is 11.8 Å². The Morgan fingerprint density at radius 3 is 2.52 bits per heavy atom. The van der Waals surface area contributed by atoms with E-state index in [4.69, 9.17) is 29.0 Å². The van der Waals surface area contributed by atoms with Crippen LogP contribution in [0.15, 0.2) is 36.7 Å². The van der Waals surface area contributed by atoms with Crippen molar-refractivity contribution in [1.82, 2.24) is 24.6 Å². The predicted molar refractivity (Wildman–Crippen MR) is 172 cm³/mol. The second-order valence-corrected chi connectivity index (χ2v) is 13.8. The number of hydrogen-bond donors (Lipinski definition) is 3. The van der Waals surface area contributed by atoms with Crippen LogP contribution in [0.2, 0.25) is 0 Å². The molecule has 0 saturated carbocycles. The van der Waals surface area contributed by atoms with Crippen LogP contribution in [0.1, 0.15) is 73.5 Å². The van der Waals surface area contributed by atoms with E-state index in [1.54, 1.807) is 41.8 Å². The number of imidazole rings is 1. The number of nitrogens with one attached hydrogen (secondary N) is 1. The van der Waals surface area contributed by atoms with Gasteiger partial charge in [0.1, 0.15) is 24.7 Å². The largest absolute Gasteiger partial charge is 0.476 e. The number of aromatic nitrogens is 4. The normalized spacial score (nSPS) is 21.3. The Bertz CT molecular complexity index is 1480. The van der Waals surface area contributed by atoms with Crippen LogP contribution in [0.4, 0.5) is 5.95 Å². The molecule has 1 fully saturated rings. The second-order valence-electron chi connectivity index (χ2n) is 12.1. The zero-order valence-corrected chi connectivity index (χ0v) is 28.3. The van der Waals surface area contributed by atoms with Crippen LogP contribution >= 0.6 is 7.75 Å². The Balaban J connectivity index is 1.49. The van der Waals surface area contributed by atoms with Crippen LogP contribution in [0.5, 0.6) is 11.6 Å². The van der Waals surface area contributed by atoms with Crippen LogP contribution in [0, 0.1) is 11.3 Å². The first kappa shape index (κ1) is 35.6. The maximum absolute atomic E-state index is 14.1. The summed E-state index contributed by atoms with van der Waals surface area (Å²) in [6.07, 6.45) is 2.08. The summed E-state index contributed by atoms with van der Waals surface area (Å²) in [4.78, 5) is 25.6. The van der Waals surface area contributed by atoms with Gasteiger partial charge in [-0.15, -0.1) is 0 Å². The van der Waals surface area contributed by atoms with Crippen molar-refractivity contribution in [1.29, 1.82) is 0 Å². The SMILES string of the molecule is CCCC(CCC)C(=O)OC[C@H](C)NP(=O)(OC[C@H]1O[C@@H](n2cnc3c(OCC)nc(N)nc32)C(C)(C)[C@@H]1O)Oc1ccccc1. The first-order valence-corrected chi connectivity index (χ1v) is 17.4. The van der Waals surface area contributed by atoms with Gasteiger partial charge in [-0.1, -0.05) is 58.7 Å². The number of nitrogen functional groups attached to an aromatic ring is 1. The molecule has 0 radical (unpaired) electrons. The molecule has 0 aliphatic carbocycles. The van der Waals surface area contributed by atoms with E-state index >= 15 is 0 Å². The number of carbonyl (C=O) groups excluding carboxylic acids is 1. The smallest absolute Gasteiger partial charge is 0.459 e. The molecule has 254 valence electrons. The van der Waals surface area contributed by atoms with E-state index in [1.807, 2.05) is 34.6 Å². The summed E-state index contributed by atoms with van der Waals surface area (Å²) in [5.41, 5.74) is 5.87. The number of para-hydroxylation sites is 1. The average Bonchev–Trinajstić information content (AvgIpc) is 3.52. The van der Waals surface area contributed by atoms with Crippen molar-refractivity contribution in [3.8, 4) is 11.6 Å². The van der Waals surface area contributed by atoms with E-state index < -0.39 is 37.6 Å². The number of carbonyl (C=O) groups is 1. The van der Waals surface area contributed by atoms with E-state index in [-0.39, 0.29) is 36.9 Å². The van der Waals surface area contributed by atoms with Crippen molar-refractivity contribution in [3.05, 3.63) is 36.7 Å². The first-order valence-electron chi connectivity index (χ1n) is 15.8. The molecular weight excluding hydrogens is 615 g/mol. The number of ether oxygens (including phenoxy) is 3. The van der Waals surface area contributed by atoms with Crippen molar-refractivity contribution in [3.63, 3.8) is 0 Å². The van der Waals surface area contributed by atoms with E-state index in [0.29, 0.717) is 23.5 Å². The molecule has 4 rings (SSSR count). The number of aliphatic hydroxyl groups is 1. The van der Waals surface area contributed by atoms with Crippen molar-refractivity contribution >= 4 is 30.8 Å². The first-order chi connectivity index (χ1) is 21.9. The highest BCUT2D eigenvalue weighted by molar-refractivity contribution is 7.52. The van der Waals surface area contributed by atoms with Crippen LogP contribution in [-0.2, 0) is 23.4 Å². The number of anilines is 1. The summed E-state index contributed by atoms with van der Waals surface area (Å²) >= 11 is 0. The summed E-state index contributed by atoms with van der Waals surface area (Å²) in [7, 11) is -4.07. The number of rotatable bonds is 17. The Labute approximate surface area is 269 Å². The molecule has 14 nitrogen and oxygen atoms in total. The van der Waals surface area contributed by atoms with E-state index in [0.717, 1.165) is 25.7 Å². The number of fused-ring (bicyclic) bond motifs is 1. The van der Waals surface area contributed by atoms with Gasteiger partial charge < -0.3 is 29.6 Å². The maximum atomic E-state index is 14.1. The van der Waals surface area contributed by atoms with Gasteiger partial charge in [0.25, 0.3) is 0 Å². The van der Waals surface area contributed by atoms with Crippen LogP contribution < -0.4 is 20.1 Å². The summed E-state index contributed by atoms with van der Waals surface area (Å²) in [6, 6.07) is 8.01. The fourth-order valence-corrected chi connectivity index (χ4v) is 7.04. The standard InChI is InChI=1S/C31H47N6O8P/c1-7-13-21(14-8-2)28(39)42-17-20(4)36-46(40,45-22-15-11-10-12-16-22)43-18-23-25(38)31(5,6)29(44-23)37-19-33-24-26(37)34-30(32)35-27(24)41-9-3/h10-12,15-16,19-21,23,25,29,38H,7-9,13-14,17-18H2,1-6H3,(H,36,40)(H2,32,34,35)/t20-,23+,25+,29+,46?/m0/s1. The lowest BCUT2D eigenvalue weighted by Gasteiger charge is -2.29. The molecule has 1 saturated heterocycles. The molecule has 1 aliphatic heterocycles. The van der Waals surface area contributed by atoms with Crippen LogP contribution in [0.25, 0.3) is 11.2 Å². The highest BCUT2D eigenvalue weighted by atomic mass is 31.2. The molecule has 3 heterocycles. The molecule has 5 atom stereocenters. The number of hydrogen-bond acceptors (Lipinski definition) is 12. The van der Waals surface area contributed by atoms with Crippen molar-refractivity contribution in [2.24, 2.45) is 11.3 Å². The summed E-state index contributed by atoms with van der Waals surface area (Å²) in [6.45, 7) is 11.3. The fourth-order valence-electron chi connectivity index (χ4n) is 5.50. The molecule has 2 aromatic heterocycles. The summed E-state index contributed by atoms with van der Waals surface area (Å²) in [5.74, 6) is 0.109. The van der Waals surface area contributed by atoms with Crippen molar-refractivity contribution in [2.75, 3.05) is 25.6 Å². The number of aliphatic hydroxyl groups excluding tert-OH is 1. The molecule has 46 heavy (non-hydrogen) atoms. The third-order valence-electron chi connectivity index (χ3n) is 7.83. The molecule has 0 amide bonds. The van der Waals surface area contributed by atoms with Gasteiger partial charge in [-0.3, -0.25) is 13.9 Å². The summed E-state index contributed by atoms with van der Waals surface area (Å²) < 4.78 is 45.0. The third-order valence-corrected chi connectivity index (χ3v) is 9.53. The lowest BCUT2D eigenvalue weighted by Crippen LogP contribution is -2.37. The Morgan fingerprint density at radius 2 is 1.87 bits per heavy atom. The minimum Gasteiger partial charge on any atom is -0.476 e. The van der Waals surface area contributed by atoms with E-state index in [2.05, 4.69) is 20.0 Å². The van der Waals surface area contributed by atoms with Gasteiger partial charge in [0.15, 0.2) is 11.2 Å². The number of nitrogens with zero attached hydrogens (tertiary/aromatic N) is 4. The van der Waals surface area contributed by atoms with Crippen molar-refractivity contribution < 1.29 is 37.7 Å². The molecule has 4 N–H and O–H groups in total. The molecule has 3 aromatic rings. The monoisotopic (exact) mass is 662 g/mol. The lowest BCUT2D eigenvalue weighted by molar-refractivity contribution is -0.149. The number of esters is 1. The molecule has 1 aliphatic rings. The molecule has 1 aromatic carbocycles. The molecule has 1 unspecified atom stereocenters. The van der Waals surface area contributed by atoms with Crippen molar-refractivity contribution in [2.45, 2.75) is 91.7 Å². The number of benzene rings is 1. The van der Waals surface area contributed by atoms with E-state index in [9.17, 15) is 14.5 Å². The molecule has 0 bridgehead atoms. The maximum Gasteiger partial charge on any atom is 0.459 e. The Hall–Kier alpha value is -3.29. The molecular formula is C31H47N6O8P. The fraction of sp³-hybridized carbons (Fsp3) is 0.613. The van der Waals surface area contributed by atoms with Gasteiger partial charge in [-0.05, 0) is 38.8 Å². The van der Waals surface area contributed by atoms with Crippen LogP contribution in [-0.4, -0.2) is 68.7 Å². The second kappa shape index (κ2) is 15.5. The quantitative estimate of drug-likeness (QED) is 0.129. The zero-order chi connectivity index (χ0) is 33.5. The topological polar surface area (TPSA) is 182 Å². The lowest BCUT2D eigenvalue weighted by atomic mass is 9.84. The molecule has 0 spiro atoms. The minimum absolute atomic E-state index is 0.00468. The zero-order valence-electron chi connectivity index (χ0n) is 27.4. The van der Waals surface area contributed by atoms with E-state index in [1.165, 1.54) is 6.33 Å². The van der Waals surface area contributed by atoms with Gasteiger partial charge in [0, 0.05) is 11.5 Å². The number of nitrogens with two attached hydrogens (primary N) is 1.